The zero-order valence-corrected chi connectivity index (χ0v) is 19.1. The van der Waals surface area contributed by atoms with Crippen molar-refractivity contribution >= 4 is 33.0 Å². The molecule has 3 aromatic rings. The molecule has 0 saturated carbocycles. The molecule has 0 radical (unpaired) electrons. The van der Waals surface area contributed by atoms with Crippen LogP contribution in [0.4, 0.5) is 5.69 Å². The molecule has 0 saturated heterocycles. The highest BCUT2D eigenvalue weighted by Crippen LogP contribution is 2.41. The van der Waals surface area contributed by atoms with E-state index in [-0.39, 0.29) is 10.9 Å². The number of sulfonamides is 1. The summed E-state index contributed by atoms with van der Waals surface area (Å²) in [5.74, 6) is 1.33. The summed E-state index contributed by atoms with van der Waals surface area (Å²) in [6.45, 7) is 0. The number of benzene rings is 3. The Labute approximate surface area is 192 Å². The van der Waals surface area contributed by atoms with Gasteiger partial charge in [0, 0.05) is 23.1 Å². The van der Waals surface area contributed by atoms with E-state index in [9.17, 15) is 8.42 Å². The van der Waals surface area contributed by atoms with Crippen molar-refractivity contribution in [3.05, 3.63) is 82.9 Å². The summed E-state index contributed by atoms with van der Waals surface area (Å²) < 4.78 is 34.2. The summed E-state index contributed by atoms with van der Waals surface area (Å²) in [6.07, 6.45) is 0.573. The zero-order chi connectivity index (χ0) is 22.9. The van der Waals surface area contributed by atoms with Crippen LogP contribution in [0, 0.1) is 0 Å². The first-order valence-electron chi connectivity index (χ1n) is 9.78. The Hall–Kier alpha value is -3.07. The second-order valence-electron chi connectivity index (χ2n) is 7.24. The van der Waals surface area contributed by atoms with Gasteiger partial charge in [-0.05, 0) is 48.0 Å². The van der Waals surface area contributed by atoms with Crippen molar-refractivity contribution in [2.75, 3.05) is 19.2 Å². The van der Waals surface area contributed by atoms with Crippen molar-refractivity contribution in [2.45, 2.75) is 17.4 Å². The minimum atomic E-state index is -3.79. The number of anilines is 1. The largest absolute Gasteiger partial charge is 0.497 e. The highest BCUT2D eigenvalue weighted by Gasteiger charge is 2.32. The van der Waals surface area contributed by atoms with Gasteiger partial charge < -0.3 is 9.47 Å². The molecule has 4 rings (SSSR count). The minimum Gasteiger partial charge on any atom is -0.497 e. The highest BCUT2D eigenvalue weighted by molar-refractivity contribution is 7.89. The molecule has 0 fully saturated rings. The lowest BCUT2D eigenvalue weighted by molar-refractivity contribution is 0.394. The van der Waals surface area contributed by atoms with E-state index in [1.54, 1.807) is 26.4 Å². The number of primary sulfonamides is 1. The smallest absolute Gasteiger partial charge is 0.238 e. The maximum atomic E-state index is 11.7. The Morgan fingerprint density at radius 3 is 2.38 bits per heavy atom. The molecule has 0 aliphatic carbocycles. The lowest BCUT2D eigenvalue weighted by Gasteiger charge is -2.24. The molecule has 7 nitrogen and oxygen atoms in total. The van der Waals surface area contributed by atoms with E-state index in [0.717, 1.165) is 16.8 Å². The number of nitrogens with two attached hydrogens (primary N) is 1. The van der Waals surface area contributed by atoms with Crippen molar-refractivity contribution in [1.29, 1.82) is 0 Å². The van der Waals surface area contributed by atoms with Gasteiger partial charge in [0.05, 0.1) is 36.6 Å². The maximum absolute atomic E-state index is 11.7. The van der Waals surface area contributed by atoms with Gasteiger partial charge in [0.25, 0.3) is 0 Å². The molecular weight excluding hydrogens is 450 g/mol. The maximum Gasteiger partial charge on any atom is 0.238 e. The molecule has 0 spiro atoms. The molecule has 0 amide bonds. The normalized spacial score (nSPS) is 16.1. The fourth-order valence-electron chi connectivity index (χ4n) is 3.72. The van der Waals surface area contributed by atoms with Crippen molar-refractivity contribution in [2.24, 2.45) is 10.2 Å². The van der Waals surface area contributed by atoms with E-state index in [4.69, 9.17) is 31.3 Å². The summed E-state index contributed by atoms with van der Waals surface area (Å²) in [5.41, 5.74) is 3.28. The number of hydrazone groups is 1. The Kier molecular flexibility index (Phi) is 6.10. The van der Waals surface area contributed by atoms with Gasteiger partial charge in [-0.1, -0.05) is 29.8 Å². The fourth-order valence-corrected chi connectivity index (χ4v) is 4.50. The molecule has 1 unspecified atom stereocenters. The van der Waals surface area contributed by atoms with Crippen molar-refractivity contribution in [1.82, 2.24) is 0 Å². The van der Waals surface area contributed by atoms with Gasteiger partial charge >= 0.3 is 0 Å². The zero-order valence-electron chi connectivity index (χ0n) is 17.5. The molecule has 0 bridgehead atoms. The third kappa shape index (κ3) is 4.29. The molecular formula is C23H22ClN3O4S. The Morgan fingerprint density at radius 2 is 1.75 bits per heavy atom. The lowest BCUT2D eigenvalue weighted by Crippen LogP contribution is -2.19. The summed E-state index contributed by atoms with van der Waals surface area (Å²) >= 11 is 6.52. The molecule has 1 aliphatic heterocycles. The van der Waals surface area contributed by atoms with E-state index in [0.29, 0.717) is 28.6 Å². The molecule has 9 heteroatoms. The van der Waals surface area contributed by atoms with Crippen LogP contribution in [0.15, 0.2) is 76.7 Å². The number of nitrogens with zero attached hydrogens (tertiary/aromatic N) is 2. The predicted molar refractivity (Wildman–Crippen MR) is 125 cm³/mol. The van der Waals surface area contributed by atoms with Crippen LogP contribution in [-0.2, 0) is 10.0 Å². The molecule has 1 atom stereocenters. The monoisotopic (exact) mass is 471 g/mol. The first-order chi connectivity index (χ1) is 15.3. The van der Waals surface area contributed by atoms with Crippen LogP contribution in [0.25, 0.3) is 0 Å². The van der Waals surface area contributed by atoms with Crippen LogP contribution >= 0.6 is 11.6 Å². The number of ether oxygens (including phenoxy) is 2. The number of rotatable bonds is 6. The van der Waals surface area contributed by atoms with Gasteiger partial charge in [0.2, 0.25) is 10.0 Å². The van der Waals surface area contributed by atoms with Gasteiger partial charge in [0.15, 0.2) is 0 Å². The Morgan fingerprint density at radius 1 is 1.03 bits per heavy atom. The van der Waals surface area contributed by atoms with Crippen LogP contribution in [-0.4, -0.2) is 28.3 Å². The first-order valence-corrected chi connectivity index (χ1v) is 11.7. The van der Waals surface area contributed by atoms with Gasteiger partial charge in [-0.15, -0.1) is 0 Å². The molecule has 0 aromatic heterocycles. The van der Waals surface area contributed by atoms with Gasteiger partial charge in [-0.3, -0.25) is 5.01 Å². The first kappa shape index (κ1) is 22.1. The van der Waals surface area contributed by atoms with E-state index in [1.807, 2.05) is 47.5 Å². The second-order valence-corrected chi connectivity index (χ2v) is 9.21. The predicted octanol–water partition coefficient (Wildman–Crippen LogP) is 4.36. The standard InChI is InChI=1S/C23H22ClN3O4S/c1-30-16-9-12-19(23(13-16)31-2)21-14-22(18-5-3-4-6-20(18)24)27(26-21)15-7-10-17(11-8-15)32(25,28)29/h3-13,22H,14H2,1-2H3,(H2,25,28,29). The molecule has 166 valence electrons. The van der Waals surface area contributed by atoms with E-state index in [2.05, 4.69) is 0 Å². The molecule has 32 heavy (non-hydrogen) atoms. The van der Waals surface area contributed by atoms with Crippen LogP contribution in [0.5, 0.6) is 11.5 Å². The van der Waals surface area contributed by atoms with E-state index < -0.39 is 10.0 Å². The van der Waals surface area contributed by atoms with Crippen LogP contribution in [0.2, 0.25) is 5.02 Å². The molecule has 3 aromatic carbocycles. The third-order valence-electron chi connectivity index (χ3n) is 5.32. The van der Waals surface area contributed by atoms with Crippen molar-refractivity contribution in [3.8, 4) is 11.5 Å². The SMILES string of the molecule is COc1ccc(C2=NN(c3ccc(S(N)(=O)=O)cc3)C(c3ccccc3Cl)C2)c(OC)c1. The number of hydrogen-bond donors (Lipinski definition) is 1. The van der Waals surface area contributed by atoms with E-state index >= 15 is 0 Å². The van der Waals surface area contributed by atoms with E-state index in [1.165, 1.54) is 12.1 Å². The topological polar surface area (TPSA) is 94.2 Å². The summed E-state index contributed by atoms with van der Waals surface area (Å²) in [5, 5.41) is 12.6. The van der Waals surface area contributed by atoms with Gasteiger partial charge in [0.1, 0.15) is 11.5 Å². The highest BCUT2D eigenvalue weighted by atomic mass is 35.5. The quantitative estimate of drug-likeness (QED) is 0.576. The molecule has 1 aliphatic rings. The lowest BCUT2D eigenvalue weighted by atomic mass is 9.97. The summed E-state index contributed by atoms with van der Waals surface area (Å²) in [7, 11) is -0.589. The average molecular weight is 472 g/mol. The fraction of sp³-hybridized carbons (Fsp3) is 0.174. The van der Waals surface area contributed by atoms with Gasteiger partial charge in [-0.25, -0.2) is 13.6 Å². The number of hydrogen-bond acceptors (Lipinski definition) is 6. The number of methoxy groups -OCH3 is 2. The summed E-state index contributed by atoms with van der Waals surface area (Å²) in [6, 6.07) is 19.3. The number of halogens is 1. The van der Waals surface area contributed by atoms with Gasteiger partial charge in [-0.2, -0.15) is 5.10 Å². The van der Waals surface area contributed by atoms with Crippen molar-refractivity contribution in [3.63, 3.8) is 0 Å². The summed E-state index contributed by atoms with van der Waals surface area (Å²) in [4.78, 5) is 0.0377. The second kappa shape index (κ2) is 8.82. The molecule has 2 N–H and O–H groups in total. The Bertz CT molecular complexity index is 1280. The Balaban J connectivity index is 1.80. The minimum absolute atomic E-state index is 0.0377. The van der Waals surface area contributed by atoms with Crippen LogP contribution in [0.3, 0.4) is 0 Å². The van der Waals surface area contributed by atoms with Crippen molar-refractivity contribution < 1.29 is 17.9 Å². The molecule has 1 heterocycles. The van der Waals surface area contributed by atoms with Crippen LogP contribution in [0.1, 0.15) is 23.6 Å². The van der Waals surface area contributed by atoms with Crippen LogP contribution < -0.4 is 19.6 Å². The third-order valence-corrected chi connectivity index (χ3v) is 6.60. The average Bonchev–Trinajstić information content (AvgIpc) is 3.23.